The van der Waals surface area contributed by atoms with Gasteiger partial charge in [0.2, 0.25) is 0 Å². The van der Waals surface area contributed by atoms with Crippen molar-refractivity contribution in [3.8, 4) is 5.75 Å². The quantitative estimate of drug-likeness (QED) is 0.888. The zero-order valence-corrected chi connectivity index (χ0v) is 11.5. The molecular formula is C15H14BrNO. The van der Waals surface area contributed by atoms with Crippen molar-refractivity contribution in [2.75, 3.05) is 11.9 Å². The largest absolute Gasteiger partial charge is 0.493 e. The molecule has 1 aliphatic rings. The first kappa shape index (κ1) is 11.6. The van der Waals surface area contributed by atoms with Crippen LogP contribution < -0.4 is 10.1 Å². The highest BCUT2D eigenvalue weighted by molar-refractivity contribution is 9.10. The molecule has 0 aliphatic carbocycles. The molecule has 1 heterocycles. The van der Waals surface area contributed by atoms with Crippen LogP contribution in [0, 0.1) is 0 Å². The van der Waals surface area contributed by atoms with Crippen molar-refractivity contribution < 1.29 is 4.74 Å². The smallest absolute Gasteiger partial charge is 0.124 e. The third-order valence-corrected chi connectivity index (χ3v) is 3.85. The second kappa shape index (κ2) is 5.02. The summed E-state index contributed by atoms with van der Waals surface area (Å²) in [5.41, 5.74) is 2.36. The van der Waals surface area contributed by atoms with Crippen molar-refractivity contribution in [1.29, 1.82) is 0 Å². The van der Waals surface area contributed by atoms with Gasteiger partial charge >= 0.3 is 0 Å². The Labute approximate surface area is 115 Å². The average molecular weight is 304 g/mol. The summed E-state index contributed by atoms with van der Waals surface area (Å²) >= 11 is 3.57. The highest BCUT2D eigenvalue weighted by atomic mass is 79.9. The van der Waals surface area contributed by atoms with Crippen molar-refractivity contribution in [2.45, 2.75) is 12.5 Å². The fourth-order valence-corrected chi connectivity index (χ4v) is 2.66. The highest BCUT2D eigenvalue weighted by Gasteiger charge is 2.21. The number of fused-ring (bicyclic) bond motifs is 1. The normalized spacial score (nSPS) is 17.7. The van der Waals surface area contributed by atoms with Crippen LogP contribution in [0.15, 0.2) is 53.0 Å². The van der Waals surface area contributed by atoms with Crippen molar-refractivity contribution in [3.63, 3.8) is 0 Å². The fraction of sp³-hybridized carbons (Fsp3) is 0.200. The standard InChI is InChI=1S/C15H14BrNO/c16-12-6-2-3-7-14(12)17-13-9-10-18-15-8-4-1-5-11(13)15/h1-8,13,17H,9-10H2. The van der Waals surface area contributed by atoms with E-state index in [0.29, 0.717) is 6.04 Å². The Balaban J connectivity index is 1.89. The van der Waals surface area contributed by atoms with Crippen LogP contribution >= 0.6 is 15.9 Å². The minimum absolute atomic E-state index is 0.314. The first-order valence-electron chi connectivity index (χ1n) is 6.07. The molecule has 0 aromatic heterocycles. The molecule has 2 aromatic carbocycles. The Kier molecular flexibility index (Phi) is 3.24. The summed E-state index contributed by atoms with van der Waals surface area (Å²) in [7, 11) is 0. The molecule has 2 nitrogen and oxygen atoms in total. The van der Waals surface area contributed by atoms with Crippen molar-refractivity contribution in [2.24, 2.45) is 0 Å². The number of rotatable bonds is 2. The first-order valence-corrected chi connectivity index (χ1v) is 6.87. The lowest BCUT2D eigenvalue weighted by Crippen LogP contribution is -2.20. The predicted octanol–water partition coefficient (Wildman–Crippen LogP) is 4.38. The number of nitrogens with one attached hydrogen (secondary N) is 1. The van der Waals surface area contributed by atoms with Crippen molar-refractivity contribution >= 4 is 21.6 Å². The molecule has 0 saturated carbocycles. The lowest BCUT2D eigenvalue weighted by Gasteiger charge is -2.27. The Bertz CT molecular complexity index is 556. The van der Waals surface area contributed by atoms with Gasteiger partial charge in [-0.1, -0.05) is 30.3 Å². The van der Waals surface area contributed by atoms with Gasteiger partial charge in [0.15, 0.2) is 0 Å². The molecule has 1 unspecified atom stereocenters. The van der Waals surface area contributed by atoms with E-state index in [1.165, 1.54) is 5.56 Å². The maximum absolute atomic E-state index is 5.67. The van der Waals surface area contributed by atoms with E-state index in [0.717, 1.165) is 28.9 Å². The second-order valence-electron chi connectivity index (χ2n) is 4.35. The Morgan fingerprint density at radius 2 is 1.83 bits per heavy atom. The molecule has 92 valence electrons. The third kappa shape index (κ3) is 2.23. The summed E-state index contributed by atoms with van der Waals surface area (Å²) in [6, 6.07) is 16.7. The molecular weight excluding hydrogens is 290 g/mol. The molecule has 0 fully saturated rings. The SMILES string of the molecule is Brc1ccccc1NC1CCOc2ccccc21. The van der Waals surface area contributed by atoms with Crippen molar-refractivity contribution in [3.05, 3.63) is 58.6 Å². The molecule has 3 heteroatoms. The van der Waals surface area contributed by atoms with Gasteiger partial charge in [0.05, 0.1) is 12.6 Å². The molecule has 18 heavy (non-hydrogen) atoms. The molecule has 1 aliphatic heterocycles. The van der Waals surface area contributed by atoms with Gasteiger partial charge in [0.1, 0.15) is 5.75 Å². The van der Waals surface area contributed by atoms with Gasteiger partial charge in [-0.2, -0.15) is 0 Å². The molecule has 0 amide bonds. The number of hydrogen-bond donors (Lipinski definition) is 1. The van der Waals surface area contributed by atoms with E-state index in [4.69, 9.17) is 4.74 Å². The van der Waals surface area contributed by atoms with Gasteiger partial charge in [-0.3, -0.25) is 0 Å². The lowest BCUT2D eigenvalue weighted by molar-refractivity contribution is 0.274. The van der Waals surface area contributed by atoms with Gasteiger partial charge in [-0.05, 0) is 34.1 Å². The highest BCUT2D eigenvalue weighted by Crippen LogP contribution is 2.35. The van der Waals surface area contributed by atoms with Crippen LogP contribution in [0.1, 0.15) is 18.0 Å². The zero-order valence-electron chi connectivity index (χ0n) is 9.90. The molecule has 0 bridgehead atoms. The zero-order chi connectivity index (χ0) is 12.4. The first-order chi connectivity index (χ1) is 8.84. The maximum atomic E-state index is 5.67. The van der Waals surface area contributed by atoms with Gasteiger partial charge in [-0.25, -0.2) is 0 Å². The fourth-order valence-electron chi connectivity index (χ4n) is 2.26. The van der Waals surface area contributed by atoms with Gasteiger partial charge < -0.3 is 10.1 Å². The summed E-state index contributed by atoms with van der Waals surface area (Å²) in [4.78, 5) is 0. The Morgan fingerprint density at radius 3 is 2.72 bits per heavy atom. The van der Waals surface area contributed by atoms with Crippen LogP contribution in [0.4, 0.5) is 5.69 Å². The van der Waals surface area contributed by atoms with Crippen LogP contribution in [0.3, 0.4) is 0 Å². The number of halogens is 1. The monoisotopic (exact) mass is 303 g/mol. The number of ether oxygens (including phenoxy) is 1. The number of para-hydroxylation sites is 2. The minimum Gasteiger partial charge on any atom is -0.493 e. The maximum Gasteiger partial charge on any atom is 0.124 e. The van der Waals surface area contributed by atoms with E-state index in [2.05, 4.69) is 39.4 Å². The van der Waals surface area contributed by atoms with E-state index >= 15 is 0 Å². The van der Waals surface area contributed by atoms with Gasteiger partial charge in [0.25, 0.3) is 0 Å². The third-order valence-electron chi connectivity index (χ3n) is 3.16. The Morgan fingerprint density at radius 1 is 1.06 bits per heavy atom. The average Bonchev–Trinajstić information content (AvgIpc) is 2.42. The van der Waals surface area contributed by atoms with E-state index in [1.807, 2.05) is 30.3 Å². The van der Waals surface area contributed by atoms with Crippen LogP contribution in [-0.2, 0) is 0 Å². The van der Waals surface area contributed by atoms with E-state index in [1.54, 1.807) is 0 Å². The van der Waals surface area contributed by atoms with Crippen LogP contribution in [0.5, 0.6) is 5.75 Å². The number of benzene rings is 2. The van der Waals surface area contributed by atoms with E-state index < -0.39 is 0 Å². The topological polar surface area (TPSA) is 21.3 Å². The number of hydrogen-bond acceptors (Lipinski definition) is 2. The van der Waals surface area contributed by atoms with Gasteiger partial charge in [0, 0.05) is 22.1 Å². The molecule has 0 radical (unpaired) electrons. The summed E-state index contributed by atoms with van der Waals surface area (Å²) in [6.45, 7) is 0.763. The predicted molar refractivity (Wildman–Crippen MR) is 77.1 cm³/mol. The van der Waals surface area contributed by atoms with Crippen LogP contribution in [0.25, 0.3) is 0 Å². The van der Waals surface area contributed by atoms with Crippen molar-refractivity contribution in [1.82, 2.24) is 0 Å². The van der Waals surface area contributed by atoms with Gasteiger partial charge in [-0.15, -0.1) is 0 Å². The molecule has 1 atom stereocenters. The number of anilines is 1. The molecule has 2 aromatic rings. The van der Waals surface area contributed by atoms with E-state index in [9.17, 15) is 0 Å². The van der Waals surface area contributed by atoms with Crippen LogP contribution in [-0.4, -0.2) is 6.61 Å². The molecule has 0 spiro atoms. The summed E-state index contributed by atoms with van der Waals surface area (Å²) in [5.74, 6) is 0.994. The summed E-state index contributed by atoms with van der Waals surface area (Å²) < 4.78 is 6.76. The Hall–Kier alpha value is -1.48. The summed E-state index contributed by atoms with van der Waals surface area (Å²) in [5, 5.41) is 3.58. The van der Waals surface area contributed by atoms with E-state index in [-0.39, 0.29) is 0 Å². The lowest BCUT2D eigenvalue weighted by atomic mass is 10.0. The molecule has 1 N–H and O–H groups in total. The summed E-state index contributed by atoms with van der Waals surface area (Å²) in [6.07, 6.45) is 0.984. The van der Waals surface area contributed by atoms with Crippen LogP contribution in [0.2, 0.25) is 0 Å². The minimum atomic E-state index is 0.314. The molecule has 3 rings (SSSR count). The second-order valence-corrected chi connectivity index (χ2v) is 5.21. The molecule has 0 saturated heterocycles.